The summed E-state index contributed by atoms with van der Waals surface area (Å²) < 4.78 is 5.04. The number of rotatable bonds is 3. The summed E-state index contributed by atoms with van der Waals surface area (Å²) >= 11 is 5.88. The maximum atomic E-state index is 12.1. The number of carbonyl (C=O) groups excluding carboxylic acids is 1. The molecule has 1 aliphatic rings. The van der Waals surface area contributed by atoms with Gasteiger partial charge in [-0.05, 0) is 12.1 Å². The second-order valence-corrected chi connectivity index (χ2v) is 5.08. The fourth-order valence-corrected chi connectivity index (χ4v) is 2.40. The standard InChI is InChI=1S/C13H15ClN2O5/c1-21-11-4-7(2-3-9(11)14)15-13(20)16-6-8(17)5-10(16)12(18)19/h2-4,8,10,17H,5-6H2,1H3,(H,15,20)(H,18,19)/t8-,10+/m1/s1. The van der Waals surface area contributed by atoms with Gasteiger partial charge >= 0.3 is 12.0 Å². The van der Waals surface area contributed by atoms with E-state index in [9.17, 15) is 14.7 Å². The highest BCUT2D eigenvalue weighted by Crippen LogP contribution is 2.28. The quantitative estimate of drug-likeness (QED) is 0.783. The third-order valence-corrected chi connectivity index (χ3v) is 3.54. The number of benzene rings is 1. The van der Waals surface area contributed by atoms with E-state index >= 15 is 0 Å². The van der Waals surface area contributed by atoms with Crippen molar-refractivity contribution in [3.63, 3.8) is 0 Å². The molecule has 0 unspecified atom stereocenters. The van der Waals surface area contributed by atoms with Gasteiger partial charge in [-0.3, -0.25) is 0 Å². The molecule has 0 spiro atoms. The van der Waals surface area contributed by atoms with E-state index in [1.54, 1.807) is 12.1 Å². The molecule has 1 fully saturated rings. The highest BCUT2D eigenvalue weighted by atomic mass is 35.5. The van der Waals surface area contributed by atoms with Crippen LogP contribution in [0.2, 0.25) is 5.02 Å². The monoisotopic (exact) mass is 314 g/mol. The number of urea groups is 1. The highest BCUT2D eigenvalue weighted by molar-refractivity contribution is 6.32. The molecule has 0 bridgehead atoms. The fraction of sp³-hybridized carbons (Fsp3) is 0.385. The van der Waals surface area contributed by atoms with Crippen molar-refractivity contribution in [2.75, 3.05) is 19.0 Å². The number of ether oxygens (including phenoxy) is 1. The minimum absolute atomic E-state index is 0.0203. The molecule has 2 atom stereocenters. The van der Waals surface area contributed by atoms with E-state index in [1.165, 1.54) is 13.2 Å². The normalized spacial score (nSPS) is 21.2. The number of aliphatic hydroxyl groups excluding tert-OH is 1. The first-order valence-corrected chi connectivity index (χ1v) is 6.62. The van der Waals surface area contributed by atoms with Crippen molar-refractivity contribution in [3.05, 3.63) is 23.2 Å². The number of nitrogens with zero attached hydrogens (tertiary/aromatic N) is 1. The second-order valence-electron chi connectivity index (χ2n) is 4.68. The molecule has 8 heteroatoms. The number of carbonyl (C=O) groups is 2. The number of amides is 2. The van der Waals surface area contributed by atoms with Gasteiger partial charge in [0.15, 0.2) is 0 Å². The Kier molecular flexibility index (Phi) is 4.54. The Morgan fingerprint density at radius 3 is 2.81 bits per heavy atom. The first-order valence-electron chi connectivity index (χ1n) is 6.24. The molecule has 2 rings (SSSR count). The molecule has 21 heavy (non-hydrogen) atoms. The van der Waals surface area contributed by atoms with E-state index in [2.05, 4.69) is 5.32 Å². The van der Waals surface area contributed by atoms with Crippen molar-refractivity contribution >= 4 is 29.3 Å². The van der Waals surface area contributed by atoms with Gasteiger partial charge in [-0.15, -0.1) is 0 Å². The van der Waals surface area contributed by atoms with Crippen molar-refractivity contribution in [3.8, 4) is 5.75 Å². The minimum Gasteiger partial charge on any atom is -0.495 e. The predicted molar refractivity (Wildman–Crippen MR) is 75.8 cm³/mol. The number of methoxy groups -OCH3 is 1. The second kappa shape index (κ2) is 6.19. The van der Waals surface area contributed by atoms with Crippen LogP contribution in [0, 0.1) is 0 Å². The van der Waals surface area contributed by atoms with Gasteiger partial charge in [-0.2, -0.15) is 0 Å². The summed E-state index contributed by atoms with van der Waals surface area (Å²) in [6, 6.07) is 3.04. The lowest BCUT2D eigenvalue weighted by Gasteiger charge is -2.21. The Labute approximate surface area is 126 Å². The third kappa shape index (κ3) is 3.37. The van der Waals surface area contributed by atoms with Crippen LogP contribution < -0.4 is 10.1 Å². The van der Waals surface area contributed by atoms with Crippen molar-refractivity contribution in [2.24, 2.45) is 0 Å². The number of anilines is 1. The molecule has 1 heterocycles. The smallest absolute Gasteiger partial charge is 0.326 e. The zero-order valence-corrected chi connectivity index (χ0v) is 12.0. The van der Waals surface area contributed by atoms with Gasteiger partial charge in [0.2, 0.25) is 0 Å². The number of carboxylic acid groups (broad SMARTS) is 1. The first-order chi connectivity index (χ1) is 9.92. The Balaban J connectivity index is 2.12. The average molecular weight is 315 g/mol. The zero-order valence-electron chi connectivity index (χ0n) is 11.2. The van der Waals surface area contributed by atoms with Gasteiger partial charge < -0.3 is 25.2 Å². The van der Waals surface area contributed by atoms with Crippen LogP contribution in [0.15, 0.2) is 18.2 Å². The first kappa shape index (κ1) is 15.4. The highest BCUT2D eigenvalue weighted by Gasteiger charge is 2.39. The van der Waals surface area contributed by atoms with Gasteiger partial charge in [-0.25, -0.2) is 9.59 Å². The molecule has 114 valence electrons. The summed E-state index contributed by atoms with van der Waals surface area (Å²) in [5, 5.41) is 21.6. The molecule has 0 aliphatic carbocycles. The molecular weight excluding hydrogens is 300 g/mol. The molecular formula is C13H15ClN2O5. The van der Waals surface area contributed by atoms with E-state index in [0.29, 0.717) is 16.5 Å². The number of likely N-dealkylation sites (tertiary alicyclic amines) is 1. The molecule has 0 saturated carbocycles. The van der Waals surface area contributed by atoms with Crippen LogP contribution in [0.1, 0.15) is 6.42 Å². The lowest BCUT2D eigenvalue weighted by atomic mass is 10.2. The maximum Gasteiger partial charge on any atom is 0.326 e. The number of carboxylic acids is 1. The number of β-amino-alcohol motifs (C(OH)–C–C–N with tert-alkyl or cyclic N) is 1. The largest absolute Gasteiger partial charge is 0.495 e. The number of aliphatic hydroxyl groups is 1. The van der Waals surface area contributed by atoms with Crippen LogP contribution >= 0.6 is 11.6 Å². The summed E-state index contributed by atoms with van der Waals surface area (Å²) in [6.07, 6.45) is -0.816. The molecule has 1 aliphatic heterocycles. The molecule has 0 radical (unpaired) electrons. The molecule has 0 aromatic heterocycles. The number of hydrogen-bond acceptors (Lipinski definition) is 4. The lowest BCUT2D eigenvalue weighted by Crippen LogP contribution is -2.43. The van der Waals surface area contributed by atoms with E-state index < -0.39 is 24.1 Å². The Morgan fingerprint density at radius 1 is 1.48 bits per heavy atom. The number of hydrogen-bond donors (Lipinski definition) is 3. The fourth-order valence-electron chi connectivity index (χ4n) is 2.21. The molecule has 1 aromatic rings. The van der Waals surface area contributed by atoms with Crippen LogP contribution in [0.5, 0.6) is 5.75 Å². The van der Waals surface area contributed by atoms with Crippen LogP contribution in [-0.4, -0.2) is 52.9 Å². The zero-order chi connectivity index (χ0) is 15.6. The van der Waals surface area contributed by atoms with E-state index in [0.717, 1.165) is 4.90 Å². The van der Waals surface area contributed by atoms with Gasteiger partial charge in [0.05, 0.1) is 18.2 Å². The summed E-state index contributed by atoms with van der Waals surface area (Å²) in [5.74, 6) is -0.749. The predicted octanol–water partition coefficient (Wildman–Crippen LogP) is 1.40. The topological polar surface area (TPSA) is 99.1 Å². The summed E-state index contributed by atoms with van der Waals surface area (Å²) in [5.41, 5.74) is 0.423. The van der Waals surface area contributed by atoms with Gasteiger partial charge in [0.25, 0.3) is 0 Å². The Bertz CT molecular complexity index is 565. The molecule has 7 nitrogen and oxygen atoms in total. The van der Waals surface area contributed by atoms with Crippen LogP contribution in [0.25, 0.3) is 0 Å². The summed E-state index contributed by atoms with van der Waals surface area (Å²) in [4.78, 5) is 24.3. The lowest BCUT2D eigenvalue weighted by molar-refractivity contribution is -0.141. The number of nitrogens with one attached hydrogen (secondary N) is 1. The summed E-state index contributed by atoms with van der Waals surface area (Å²) in [7, 11) is 1.45. The molecule has 3 N–H and O–H groups in total. The van der Waals surface area contributed by atoms with Crippen LogP contribution in [0.3, 0.4) is 0 Å². The number of aliphatic carboxylic acids is 1. The van der Waals surface area contributed by atoms with E-state index in [1.807, 2.05) is 0 Å². The minimum atomic E-state index is -1.14. The van der Waals surface area contributed by atoms with Crippen molar-refractivity contribution in [1.82, 2.24) is 4.90 Å². The van der Waals surface area contributed by atoms with Gasteiger partial charge in [0, 0.05) is 24.7 Å². The third-order valence-electron chi connectivity index (χ3n) is 3.23. The van der Waals surface area contributed by atoms with E-state index in [-0.39, 0.29) is 13.0 Å². The molecule has 1 saturated heterocycles. The Hall–Kier alpha value is -1.99. The van der Waals surface area contributed by atoms with Crippen LogP contribution in [-0.2, 0) is 4.79 Å². The SMILES string of the molecule is COc1cc(NC(=O)N2C[C@H](O)C[C@H]2C(=O)O)ccc1Cl. The van der Waals surface area contributed by atoms with Crippen molar-refractivity contribution in [2.45, 2.75) is 18.6 Å². The van der Waals surface area contributed by atoms with Crippen molar-refractivity contribution in [1.29, 1.82) is 0 Å². The molecule has 1 aromatic carbocycles. The maximum absolute atomic E-state index is 12.1. The number of halogens is 1. The molecule has 2 amide bonds. The van der Waals surface area contributed by atoms with Crippen LogP contribution in [0.4, 0.5) is 10.5 Å². The van der Waals surface area contributed by atoms with Crippen molar-refractivity contribution < 1.29 is 24.5 Å². The Morgan fingerprint density at radius 2 is 2.19 bits per heavy atom. The average Bonchev–Trinajstić information content (AvgIpc) is 2.83. The van der Waals surface area contributed by atoms with E-state index in [4.69, 9.17) is 21.4 Å². The van der Waals surface area contributed by atoms with Gasteiger partial charge in [0.1, 0.15) is 11.8 Å². The van der Waals surface area contributed by atoms with Gasteiger partial charge in [-0.1, -0.05) is 11.6 Å². The summed E-state index contributed by atoms with van der Waals surface area (Å²) in [6.45, 7) is -0.0203.